The number of nitrogens with zero attached hydrogens (tertiary/aromatic N) is 3. The molecule has 120 valence electrons. The van der Waals surface area contributed by atoms with E-state index in [-0.39, 0.29) is 12.7 Å². The molecule has 24 heavy (non-hydrogen) atoms. The number of halogens is 1. The van der Waals surface area contributed by atoms with Gasteiger partial charge in [0.1, 0.15) is 18.6 Å². The number of hydrogen-bond acceptors (Lipinski definition) is 7. The Labute approximate surface area is 145 Å². The lowest BCUT2D eigenvalue weighted by Crippen LogP contribution is -1.95. The summed E-state index contributed by atoms with van der Waals surface area (Å²) in [5, 5.41) is 6.37. The number of rotatable bonds is 5. The molecule has 3 heterocycles. The molecular formula is C16H10ClN3O3S. The molecule has 0 N–H and O–H groups in total. The van der Waals surface area contributed by atoms with Crippen molar-refractivity contribution in [1.29, 1.82) is 0 Å². The van der Waals surface area contributed by atoms with Crippen LogP contribution in [0.3, 0.4) is 0 Å². The lowest BCUT2D eigenvalue weighted by atomic mass is 10.2. The van der Waals surface area contributed by atoms with Crippen molar-refractivity contribution in [1.82, 2.24) is 15.1 Å². The van der Waals surface area contributed by atoms with Crippen LogP contribution in [0.2, 0.25) is 5.02 Å². The van der Waals surface area contributed by atoms with Gasteiger partial charge in [0.05, 0.1) is 9.90 Å². The van der Waals surface area contributed by atoms with Gasteiger partial charge in [0.2, 0.25) is 11.7 Å². The van der Waals surface area contributed by atoms with Gasteiger partial charge in [-0.1, -0.05) is 35.0 Å². The molecule has 0 unspecified atom stereocenters. The van der Waals surface area contributed by atoms with Crippen LogP contribution in [0.25, 0.3) is 22.2 Å². The highest BCUT2D eigenvalue weighted by Crippen LogP contribution is 2.27. The standard InChI is InChI=1S/C16H10ClN3O3S/c17-12-5-2-1-4-11(12)14-19-16(23-20-14)22-9-10-8-21-15(18-10)13-6-3-7-24-13/h1-8H,9H2. The first kappa shape index (κ1) is 14.9. The van der Waals surface area contributed by atoms with Gasteiger partial charge < -0.3 is 9.15 Å². The Balaban J connectivity index is 1.45. The molecule has 0 aliphatic heterocycles. The van der Waals surface area contributed by atoms with Crippen molar-refractivity contribution >= 4 is 22.9 Å². The molecular weight excluding hydrogens is 350 g/mol. The van der Waals surface area contributed by atoms with Crippen molar-refractivity contribution < 1.29 is 13.7 Å². The summed E-state index contributed by atoms with van der Waals surface area (Å²) >= 11 is 7.66. The van der Waals surface area contributed by atoms with Crippen LogP contribution in [0.15, 0.2) is 57.0 Å². The summed E-state index contributed by atoms with van der Waals surface area (Å²) in [4.78, 5) is 9.49. The van der Waals surface area contributed by atoms with Gasteiger partial charge in [-0.25, -0.2) is 4.98 Å². The van der Waals surface area contributed by atoms with Crippen molar-refractivity contribution in [2.45, 2.75) is 6.61 Å². The SMILES string of the molecule is Clc1ccccc1-c1noc(OCc2coc(-c3cccs3)n2)n1. The molecule has 4 rings (SSSR count). The summed E-state index contributed by atoms with van der Waals surface area (Å²) in [5.74, 6) is 0.931. The third kappa shape index (κ3) is 3.04. The summed E-state index contributed by atoms with van der Waals surface area (Å²) in [6, 6.07) is 11.1. The predicted molar refractivity (Wildman–Crippen MR) is 88.9 cm³/mol. The molecule has 0 spiro atoms. The van der Waals surface area contributed by atoms with Crippen LogP contribution in [0.5, 0.6) is 6.08 Å². The number of hydrogen-bond donors (Lipinski definition) is 0. The average molecular weight is 360 g/mol. The monoisotopic (exact) mass is 359 g/mol. The zero-order valence-electron chi connectivity index (χ0n) is 12.2. The Morgan fingerprint density at radius 3 is 2.88 bits per heavy atom. The lowest BCUT2D eigenvalue weighted by molar-refractivity contribution is 0.193. The third-order valence-electron chi connectivity index (χ3n) is 3.15. The maximum atomic E-state index is 6.11. The summed E-state index contributed by atoms with van der Waals surface area (Å²) in [6.45, 7) is 0.166. The molecule has 0 atom stereocenters. The highest BCUT2D eigenvalue weighted by molar-refractivity contribution is 7.13. The van der Waals surface area contributed by atoms with E-state index in [4.69, 9.17) is 25.3 Å². The maximum Gasteiger partial charge on any atom is 0.418 e. The fraction of sp³-hybridized carbons (Fsp3) is 0.0625. The Hall–Kier alpha value is -2.64. The predicted octanol–water partition coefficient (Wildman–Crippen LogP) is 4.69. The smallest absolute Gasteiger partial charge is 0.418 e. The number of oxazole rings is 1. The number of thiophene rings is 1. The van der Waals surface area contributed by atoms with Crippen LogP contribution in [-0.2, 0) is 6.61 Å². The van der Waals surface area contributed by atoms with Gasteiger partial charge in [-0.15, -0.1) is 11.3 Å². The van der Waals surface area contributed by atoms with Gasteiger partial charge >= 0.3 is 6.08 Å². The first-order chi connectivity index (χ1) is 11.8. The first-order valence-corrected chi connectivity index (χ1v) is 8.25. The molecule has 3 aromatic heterocycles. The molecule has 0 saturated carbocycles. The molecule has 0 radical (unpaired) electrons. The van der Waals surface area contributed by atoms with E-state index < -0.39 is 0 Å². The molecule has 1 aromatic carbocycles. The van der Waals surface area contributed by atoms with E-state index in [9.17, 15) is 0 Å². The van der Waals surface area contributed by atoms with Gasteiger partial charge in [-0.2, -0.15) is 4.98 Å². The van der Waals surface area contributed by atoms with Crippen LogP contribution in [-0.4, -0.2) is 15.1 Å². The van der Waals surface area contributed by atoms with E-state index >= 15 is 0 Å². The van der Waals surface area contributed by atoms with Crippen LogP contribution in [0.4, 0.5) is 0 Å². The minimum absolute atomic E-state index is 0.0468. The molecule has 0 bridgehead atoms. The Morgan fingerprint density at radius 2 is 2.04 bits per heavy atom. The van der Waals surface area contributed by atoms with Crippen LogP contribution < -0.4 is 4.74 Å². The normalized spacial score (nSPS) is 10.9. The lowest BCUT2D eigenvalue weighted by Gasteiger charge is -1.96. The topological polar surface area (TPSA) is 74.2 Å². The molecule has 0 aliphatic rings. The Kier molecular flexibility index (Phi) is 4.02. The van der Waals surface area contributed by atoms with E-state index in [0.29, 0.717) is 28.0 Å². The van der Waals surface area contributed by atoms with Crippen LogP contribution in [0, 0.1) is 0 Å². The van der Waals surface area contributed by atoms with Crippen LogP contribution >= 0.6 is 22.9 Å². The number of benzene rings is 1. The van der Waals surface area contributed by atoms with Crippen LogP contribution in [0.1, 0.15) is 5.69 Å². The largest absolute Gasteiger partial charge is 0.443 e. The molecule has 0 aliphatic carbocycles. The van der Waals surface area contributed by atoms with E-state index in [1.54, 1.807) is 23.7 Å². The maximum absolute atomic E-state index is 6.11. The highest BCUT2D eigenvalue weighted by Gasteiger charge is 2.13. The number of aromatic nitrogens is 3. The fourth-order valence-corrected chi connectivity index (χ4v) is 2.92. The van der Waals surface area contributed by atoms with E-state index in [0.717, 1.165) is 4.88 Å². The zero-order valence-corrected chi connectivity index (χ0v) is 13.8. The molecule has 4 aromatic rings. The molecule has 0 amide bonds. The van der Waals surface area contributed by atoms with Crippen molar-refractivity contribution in [3.63, 3.8) is 0 Å². The van der Waals surface area contributed by atoms with Gasteiger partial charge in [0.15, 0.2) is 0 Å². The van der Waals surface area contributed by atoms with Crippen molar-refractivity contribution in [2.24, 2.45) is 0 Å². The second kappa shape index (κ2) is 6.46. The molecule has 6 nitrogen and oxygen atoms in total. The third-order valence-corrected chi connectivity index (χ3v) is 4.34. The van der Waals surface area contributed by atoms with E-state index in [1.807, 2.05) is 35.7 Å². The minimum atomic E-state index is 0.0468. The van der Waals surface area contributed by atoms with Gasteiger partial charge in [0, 0.05) is 5.56 Å². The van der Waals surface area contributed by atoms with Gasteiger partial charge in [-0.3, -0.25) is 4.52 Å². The average Bonchev–Trinajstić information content (AvgIpc) is 3.34. The number of ether oxygens (including phenoxy) is 1. The summed E-state index contributed by atoms with van der Waals surface area (Å²) in [5.41, 5.74) is 1.31. The van der Waals surface area contributed by atoms with Crippen molar-refractivity contribution in [3.05, 3.63) is 58.8 Å². The molecule has 0 fully saturated rings. The first-order valence-electron chi connectivity index (χ1n) is 6.99. The second-order valence-electron chi connectivity index (χ2n) is 4.77. The van der Waals surface area contributed by atoms with Gasteiger partial charge in [0.25, 0.3) is 0 Å². The summed E-state index contributed by atoms with van der Waals surface area (Å²) in [7, 11) is 0. The molecule has 8 heteroatoms. The van der Waals surface area contributed by atoms with Crippen molar-refractivity contribution in [3.8, 4) is 28.2 Å². The minimum Gasteiger partial charge on any atom is -0.443 e. The van der Waals surface area contributed by atoms with Crippen molar-refractivity contribution in [2.75, 3.05) is 0 Å². The molecule has 0 saturated heterocycles. The summed E-state index contributed by atoms with van der Waals surface area (Å²) in [6.07, 6.45) is 1.59. The summed E-state index contributed by atoms with van der Waals surface area (Å²) < 4.78 is 16.0. The van der Waals surface area contributed by atoms with E-state index in [2.05, 4.69) is 15.1 Å². The fourth-order valence-electron chi connectivity index (χ4n) is 2.04. The Morgan fingerprint density at radius 1 is 1.12 bits per heavy atom. The zero-order chi connectivity index (χ0) is 16.4. The van der Waals surface area contributed by atoms with E-state index in [1.165, 1.54) is 0 Å². The van der Waals surface area contributed by atoms with Gasteiger partial charge in [-0.05, 0) is 23.6 Å². The highest BCUT2D eigenvalue weighted by atomic mass is 35.5. The second-order valence-corrected chi connectivity index (χ2v) is 6.13. The Bertz CT molecular complexity index is 949. The quantitative estimate of drug-likeness (QED) is 0.514.